The molecular formula is C39H47N7O3Si. The molecule has 2 aliphatic rings. The Hall–Kier alpha value is -4.74. The average Bonchev–Trinajstić information content (AvgIpc) is 3.52. The Morgan fingerprint density at radius 1 is 1.02 bits per heavy atom. The minimum Gasteiger partial charge on any atom is -0.360 e. The zero-order valence-electron chi connectivity index (χ0n) is 29.5. The first kappa shape index (κ1) is 33.7. The van der Waals surface area contributed by atoms with Gasteiger partial charge in [-0.15, -0.1) is 0 Å². The number of urea groups is 2. The maximum absolute atomic E-state index is 13.9. The number of benzene rings is 3. The van der Waals surface area contributed by atoms with Crippen molar-refractivity contribution in [2.75, 3.05) is 25.0 Å². The Morgan fingerprint density at radius 2 is 1.80 bits per heavy atom. The first-order valence-electron chi connectivity index (χ1n) is 17.7. The summed E-state index contributed by atoms with van der Waals surface area (Å²) in [6.45, 7) is 12.1. The quantitative estimate of drug-likeness (QED) is 0.116. The maximum atomic E-state index is 13.9. The van der Waals surface area contributed by atoms with Crippen LogP contribution in [0.3, 0.4) is 0 Å². The van der Waals surface area contributed by atoms with Gasteiger partial charge in [-0.25, -0.2) is 14.3 Å². The monoisotopic (exact) mass is 689 g/mol. The van der Waals surface area contributed by atoms with Crippen LogP contribution in [0.25, 0.3) is 21.8 Å². The molecule has 260 valence electrons. The third-order valence-electron chi connectivity index (χ3n) is 9.89. The van der Waals surface area contributed by atoms with Crippen LogP contribution < -0.4 is 10.6 Å². The molecule has 50 heavy (non-hydrogen) atoms. The second-order valence-corrected chi connectivity index (χ2v) is 20.6. The van der Waals surface area contributed by atoms with Crippen LogP contribution in [0.5, 0.6) is 0 Å². The number of hydrogen-bond acceptors (Lipinski definition) is 5. The summed E-state index contributed by atoms with van der Waals surface area (Å²) < 4.78 is 7.85. The SMILES string of the molecule is Cc1cc(CC(NC(=O)N2CCC(N3Cc4ccccc4NC3=O)CC2)c2ccc3ccccc3n2)cc2cn(COCC[Si](C)(C)C)nc12. The van der Waals surface area contributed by atoms with Gasteiger partial charge in [-0.05, 0) is 73.2 Å². The van der Waals surface area contributed by atoms with Gasteiger partial charge in [0.05, 0.1) is 22.8 Å². The molecule has 3 aromatic carbocycles. The number of anilines is 1. The predicted molar refractivity (Wildman–Crippen MR) is 201 cm³/mol. The smallest absolute Gasteiger partial charge is 0.322 e. The Balaban J connectivity index is 1.06. The summed E-state index contributed by atoms with van der Waals surface area (Å²) in [5.74, 6) is 0. The van der Waals surface area contributed by atoms with Crippen LogP contribution in [0.4, 0.5) is 15.3 Å². The van der Waals surface area contributed by atoms with Gasteiger partial charge in [0, 0.05) is 63.0 Å². The predicted octanol–water partition coefficient (Wildman–Crippen LogP) is 7.71. The second-order valence-electron chi connectivity index (χ2n) is 14.9. The van der Waals surface area contributed by atoms with Gasteiger partial charge >= 0.3 is 12.1 Å². The first-order valence-corrected chi connectivity index (χ1v) is 21.4. The summed E-state index contributed by atoms with van der Waals surface area (Å²) in [4.78, 5) is 35.6. The van der Waals surface area contributed by atoms with Gasteiger partial charge < -0.3 is 25.2 Å². The molecule has 11 heteroatoms. The number of pyridine rings is 1. The first-order chi connectivity index (χ1) is 24.1. The highest BCUT2D eigenvalue weighted by molar-refractivity contribution is 6.76. The Bertz CT molecular complexity index is 2010. The van der Waals surface area contributed by atoms with E-state index in [0.717, 1.165) is 75.4 Å². The van der Waals surface area contributed by atoms with Crippen LogP contribution in [0.1, 0.15) is 41.3 Å². The number of fused-ring (bicyclic) bond motifs is 3. The summed E-state index contributed by atoms with van der Waals surface area (Å²) in [7, 11) is -1.16. The van der Waals surface area contributed by atoms with E-state index in [9.17, 15) is 9.59 Å². The van der Waals surface area contributed by atoms with Gasteiger partial charge in [-0.1, -0.05) is 68.2 Å². The van der Waals surface area contributed by atoms with Crippen molar-refractivity contribution in [2.24, 2.45) is 0 Å². The van der Waals surface area contributed by atoms with Crippen molar-refractivity contribution >= 4 is 47.6 Å². The molecule has 2 aromatic heterocycles. The van der Waals surface area contributed by atoms with E-state index in [1.807, 2.05) is 63.1 Å². The number of hydrogen-bond donors (Lipinski definition) is 2. The Kier molecular flexibility index (Phi) is 9.61. The van der Waals surface area contributed by atoms with Crippen LogP contribution in [0.15, 0.2) is 79.0 Å². The van der Waals surface area contributed by atoms with Gasteiger partial charge in [-0.3, -0.25) is 4.98 Å². The van der Waals surface area contributed by atoms with Crippen molar-refractivity contribution in [1.82, 2.24) is 29.9 Å². The molecule has 5 aromatic rings. The molecule has 0 spiro atoms. The van der Waals surface area contributed by atoms with E-state index in [0.29, 0.717) is 32.8 Å². The van der Waals surface area contributed by atoms with Crippen molar-refractivity contribution in [1.29, 1.82) is 0 Å². The lowest BCUT2D eigenvalue weighted by molar-refractivity contribution is 0.0791. The molecule has 1 atom stereocenters. The number of nitrogens with one attached hydrogen (secondary N) is 2. The summed E-state index contributed by atoms with van der Waals surface area (Å²) in [6, 6.07) is 25.1. The van der Waals surface area contributed by atoms with Crippen LogP contribution >= 0.6 is 0 Å². The molecule has 2 aliphatic heterocycles. The topological polar surface area (TPSA) is 105 Å². The molecule has 1 saturated heterocycles. The molecule has 0 saturated carbocycles. The highest BCUT2D eigenvalue weighted by atomic mass is 28.3. The number of aryl methyl sites for hydroxylation is 1. The lowest BCUT2D eigenvalue weighted by atomic mass is 9.98. The highest BCUT2D eigenvalue weighted by Crippen LogP contribution is 2.29. The number of aromatic nitrogens is 3. The highest BCUT2D eigenvalue weighted by Gasteiger charge is 2.33. The van der Waals surface area contributed by atoms with E-state index in [1.54, 1.807) is 0 Å². The van der Waals surface area contributed by atoms with Crippen LogP contribution in [0, 0.1) is 6.92 Å². The number of likely N-dealkylation sites (tertiary alicyclic amines) is 1. The number of ether oxygens (including phenoxy) is 1. The minimum atomic E-state index is -1.16. The molecule has 4 heterocycles. The largest absolute Gasteiger partial charge is 0.360 e. The fourth-order valence-electron chi connectivity index (χ4n) is 7.04. The van der Waals surface area contributed by atoms with Gasteiger partial charge in [0.15, 0.2) is 0 Å². The number of carbonyl (C=O) groups is 2. The molecular weight excluding hydrogens is 643 g/mol. The van der Waals surface area contributed by atoms with Crippen molar-refractivity contribution in [2.45, 2.75) is 77.2 Å². The summed E-state index contributed by atoms with van der Waals surface area (Å²) >= 11 is 0. The lowest BCUT2D eigenvalue weighted by Crippen LogP contribution is -2.53. The number of para-hydroxylation sites is 2. The normalized spacial score (nSPS) is 16.0. The van der Waals surface area contributed by atoms with Gasteiger partial charge in [0.1, 0.15) is 6.73 Å². The molecule has 10 nitrogen and oxygen atoms in total. The fourth-order valence-corrected chi connectivity index (χ4v) is 7.79. The van der Waals surface area contributed by atoms with Crippen molar-refractivity contribution in [3.63, 3.8) is 0 Å². The third kappa shape index (κ3) is 7.68. The molecule has 0 radical (unpaired) electrons. The average molecular weight is 690 g/mol. The van der Waals surface area contributed by atoms with Crippen molar-refractivity contribution in [3.8, 4) is 0 Å². The van der Waals surface area contributed by atoms with Crippen LogP contribution in [0.2, 0.25) is 25.7 Å². The summed E-state index contributed by atoms with van der Waals surface area (Å²) in [5, 5.41) is 13.3. The molecule has 1 unspecified atom stereocenters. The van der Waals surface area contributed by atoms with Crippen molar-refractivity contribution in [3.05, 3.63) is 101 Å². The van der Waals surface area contributed by atoms with E-state index < -0.39 is 8.07 Å². The molecule has 2 N–H and O–H groups in total. The summed E-state index contributed by atoms with van der Waals surface area (Å²) in [5.41, 5.74) is 6.86. The zero-order valence-corrected chi connectivity index (χ0v) is 30.5. The Labute approximate surface area is 294 Å². The Morgan fingerprint density at radius 3 is 2.62 bits per heavy atom. The van der Waals surface area contributed by atoms with E-state index in [-0.39, 0.29) is 24.1 Å². The molecule has 0 bridgehead atoms. The second kappa shape index (κ2) is 14.2. The summed E-state index contributed by atoms with van der Waals surface area (Å²) in [6.07, 6.45) is 4.08. The minimum absolute atomic E-state index is 0.0681. The number of amides is 4. The zero-order chi connectivity index (χ0) is 34.8. The van der Waals surface area contributed by atoms with E-state index in [2.05, 4.69) is 67.5 Å². The van der Waals surface area contributed by atoms with Crippen LogP contribution in [-0.4, -0.2) is 70.4 Å². The molecule has 7 rings (SSSR count). The molecule has 4 amide bonds. The van der Waals surface area contributed by atoms with Gasteiger partial charge in [0.25, 0.3) is 0 Å². The standard InChI is InChI=1S/C39H47N7O3Si/c1-27-21-28(22-31-24-45(43-37(27)31)26-49-19-20-50(2,3)4)23-36(35-14-13-29-9-5-7-11-33(29)40-35)42-38(47)44-17-15-32(16-18-44)46-25-30-10-6-8-12-34(30)41-39(46)48/h5-14,21-22,24,32,36H,15-20,23,25-26H2,1-4H3,(H,41,48)(H,42,47). The van der Waals surface area contributed by atoms with Gasteiger partial charge in [-0.2, -0.15) is 5.10 Å². The van der Waals surface area contributed by atoms with E-state index in [1.165, 1.54) is 0 Å². The third-order valence-corrected chi connectivity index (χ3v) is 11.6. The van der Waals surface area contributed by atoms with Crippen molar-refractivity contribution < 1.29 is 14.3 Å². The lowest BCUT2D eigenvalue weighted by Gasteiger charge is -2.40. The number of piperidine rings is 1. The fraction of sp³-hybridized carbons (Fsp3) is 0.385. The van der Waals surface area contributed by atoms with E-state index in [4.69, 9.17) is 14.8 Å². The number of carbonyl (C=O) groups excluding carboxylic acids is 2. The molecule has 1 fully saturated rings. The van der Waals surface area contributed by atoms with Gasteiger partial charge in [0.2, 0.25) is 0 Å². The maximum Gasteiger partial charge on any atom is 0.322 e. The number of rotatable bonds is 10. The molecule has 0 aliphatic carbocycles. The van der Waals surface area contributed by atoms with E-state index >= 15 is 0 Å². The van der Waals surface area contributed by atoms with Crippen LogP contribution in [-0.2, 0) is 24.4 Å². The number of nitrogens with zero attached hydrogens (tertiary/aromatic N) is 5.